The van der Waals surface area contributed by atoms with E-state index in [1.807, 2.05) is 18.2 Å². The van der Waals surface area contributed by atoms with Crippen molar-refractivity contribution in [2.45, 2.75) is 109 Å². The zero-order chi connectivity index (χ0) is 51.5. The van der Waals surface area contributed by atoms with Crippen molar-refractivity contribution in [1.82, 2.24) is 40.3 Å². The molecule has 10 rings (SSSR count). The molecule has 4 aromatic rings. The number of pyridine rings is 1. The molecule has 5 fully saturated rings. The van der Waals surface area contributed by atoms with Gasteiger partial charge >= 0.3 is 6.01 Å². The zero-order valence-electron chi connectivity index (χ0n) is 43.3. The van der Waals surface area contributed by atoms with Gasteiger partial charge in [-0.05, 0) is 75.3 Å². The highest BCUT2D eigenvalue weighted by Gasteiger charge is 2.46. The maximum atomic E-state index is 17.3. The molecule has 1 saturated carbocycles. The Hall–Kier alpha value is -6.28. The van der Waals surface area contributed by atoms with Crippen molar-refractivity contribution in [2.75, 3.05) is 88.9 Å². The van der Waals surface area contributed by atoms with E-state index in [-0.39, 0.29) is 59.0 Å². The molecule has 74 heavy (non-hydrogen) atoms. The van der Waals surface area contributed by atoms with Gasteiger partial charge in [0.1, 0.15) is 23.1 Å². The number of piperidine rings is 2. The van der Waals surface area contributed by atoms with Crippen LogP contribution in [0.25, 0.3) is 27.7 Å². The van der Waals surface area contributed by atoms with Gasteiger partial charge in [0.05, 0.1) is 23.2 Å². The van der Waals surface area contributed by atoms with E-state index < -0.39 is 23.7 Å². The highest BCUT2D eigenvalue weighted by molar-refractivity contribution is 6.09. The molecule has 6 heterocycles. The fourth-order valence-electron chi connectivity index (χ4n) is 12.1. The molecule has 0 radical (unpaired) electrons. The van der Waals surface area contributed by atoms with Gasteiger partial charge in [0.2, 0.25) is 11.8 Å². The summed E-state index contributed by atoms with van der Waals surface area (Å²) in [6.45, 7) is 13.6. The monoisotopic (exact) mass is 1010 g/mol. The second-order valence-electron chi connectivity index (χ2n) is 21.7. The van der Waals surface area contributed by atoms with E-state index >= 15 is 4.39 Å². The van der Waals surface area contributed by atoms with Crippen LogP contribution in [0, 0.1) is 29.5 Å². The first kappa shape index (κ1) is 51.2. The van der Waals surface area contributed by atoms with Gasteiger partial charge in [-0.1, -0.05) is 69.0 Å². The number of rotatable bonds is 17. The average molecular weight is 1010 g/mol. The summed E-state index contributed by atoms with van der Waals surface area (Å²) in [5.41, 5.74) is 5.09. The molecule has 2 N–H and O–H groups in total. The standard InChI is InChI=1S/C58H71FN10O5/c1-5-8-16-43-34-69(33-42(7-3)61-43)54-45-31-60-52(44-17-10-14-40-13-9-12-39(6-2)49(40)44)51(59)53(45)63-57(64-54)74-37-58(23-24-58)36-67-29-27-66(28-30-67)32-38-21-25-68(26-22-38)46-18-11-15-41(35-70)50(46)56(73)65(4)47-19-20-48(71)62-55(47)72/h2,10-12,14-15,17-18,31,35,38,42-43,47,61H,5,7-9,13,16,19-30,32-34,36-37H2,1,3-4H3,(H,62,71,72). The first-order valence-electron chi connectivity index (χ1n) is 27.2. The number of allylic oxidation sites excluding steroid dienone is 2. The molecule has 3 atom stereocenters. The zero-order valence-corrected chi connectivity index (χ0v) is 43.3. The molecule has 0 spiro atoms. The summed E-state index contributed by atoms with van der Waals surface area (Å²) in [7, 11) is 1.56. The van der Waals surface area contributed by atoms with Crippen LogP contribution in [0.2, 0.25) is 0 Å². The number of unbranched alkanes of at least 4 members (excludes halogenated alkanes) is 1. The number of benzene rings is 2. The molecule has 6 aliphatic rings. The summed E-state index contributed by atoms with van der Waals surface area (Å²) in [5.74, 6) is 2.26. The van der Waals surface area contributed by atoms with Crippen LogP contribution in [0.3, 0.4) is 0 Å². The first-order chi connectivity index (χ1) is 36.0. The normalized spacial score (nSPS) is 22.4. The fraction of sp³-hybridized carbons (Fsp3) is 0.534. The van der Waals surface area contributed by atoms with Crippen LogP contribution in [0.5, 0.6) is 6.01 Å². The van der Waals surface area contributed by atoms with Crippen LogP contribution in [-0.4, -0.2) is 151 Å². The number of piperazine rings is 2. The number of terminal acetylenes is 1. The number of aromatic nitrogens is 3. The Balaban J connectivity index is 0.787. The molecule has 15 nitrogen and oxygen atoms in total. The van der Waals surface area contributed by atoms with Gasteiger partial charge in [-0.25, -0.2) is 4.39 Å². The van der Waals surface area contributed by atoms with Crippen LogP contribution in [0.15, 0.2) is 48.7 Å². The third kappa shape index (κ3) is 10.8. The lowest BCUT2D eigenvalue weighted by Crippen LogP contribution is -2.56. The lowest BCUT2D eigenvalue weighted by atomic mass is 9.86. The van der Waals surface area contributed by atoms with Gasteiger partial charge in [0, 0.05) is 125 Å². The largest absolute Gasteiger partial charge is 0.463 e. The van der Waals surface area contributed by atoms with Crippen molar-refractivity contribution < 1.29 is 28.3 Å². The Bertz CT molecular complexity index is 2850. The van der Waals surface area contributed by atoms with Crippen LogP contribution in [-0.2, 0) is 16.0 Å². The molecule has 390 valence electrons. The third-order valence-corrected chi connectivity index (χ3v) is 16.7. The Labute approximate surface area is 434 Å². The third-order valence-electron chi connectivity index (χ3n) is 16.7. The Morgan fingerprint density at radius 2 is 1.74 bits per heavy atom. The summed E-state index contributed by atoms with van der Waals surface area (Å²) in [4.78, 5) is 76.4. The van der Waals surface area contributed by atoms with Crippen molar-refractivity contribution >= 4 is 52.0 Å². The summed E-state index contributed by atoms with van der Waals surface area (Å²) in [5, 5.41) is 6.77. The van der Waals surface area contributed by atoms with Crippen LogP contribution in [0.4, 0.5) is 15.9 Å². The van der Waals surface area contributed by atoms with Crippen LogP contribution < -0.4 is 25.2 Å². The minimum absolute atomic E-state index is 0.0256. The lowest BCUT2D eigenvalue weighted by molar-refractivity contribution is -0.136. The lowest BCUT2D eigenvalue weighted by Gasteiger charge is -2.40. The fourth-order valence-corrected chi connectivity index (χ4v) is 12.1. The Morgan fingerprint density at radius 3 is 2.47 bits per heavy atom. The minimum atomic E-state index is -0.783. The predicted molar refractivity (Wildman–Crippen MR) is 286 cm³/mol. The molecule has 0 bridgehead atoms. The number of ether oxygens (including phenoxy) is 1. The summed E-state index contributed by atoms with van der Waals surface area (Å²) in [6.07, 6.45) is 20.8. The molecule has 4 saturated heterocycles. The molecule has 3 unspecified atom stereocenters. The number of hydrogen-bond donors (Lipinski definition) is 2. The van der Waals surface area contributed by atoms with Gasteiger partial charge in [-0.15, -0.1) is 6.42 Å². The summed E-state index contributed by atoms with van der Waals surface area (Å²) >= 11 is 0. The van der Waals surface area contributed by atoms with Gasteiger partial charge in [-0.3, -0.25) is 29.5 Å². The van der Waals surface area contributed by atoms with E-state index in [0.29, 0.717) is 46.8 Å². The molecule has 3 amide bonds. The second kappa shape index (κ2) is 22.3. The summed E-state index contributed by atoms with van der Waals surface area (Å²) < 4.78 is 24.0. The van der Waals surface area contributed by atoms with Gasteiger partial charge in [-0.2, -0.15) is 9.97 Å². The van der Waals surface area contributed by atoms with E-state index in [2.05, 4.69) is 62.1 Å². The second-order valence-corrected chi connectivity index (χ2v) is 21.7. The van der Waals surface area contributed by atoms with E-state index in [0.717, 1.165) is 146 Å². The molecule has 2 aromatic carbocycles. The Kier molecular flexibility index (Phi) is 15.4. The molecule has 2 aliphatic carbocycles. The molecule has 4 aliphatic heterocycles. The molecule has 2 aromatic heterocycles. The number of imide groups is 1. The number of hydrogen-bond acceptors (Lipinski definition) is 13. The number of carbonyl (C=O) groups is 4. The number of nitrogens with zero attached hydrogens (tertiary/aromatic N) is 8. The number of aryl methyl sites for hydroxylation is 1. The predicted octanol–water partition coefficient (Wildman–Crippen LogP) is 6.92. The number of amides is 3. The summed E-state index contributed by atoms with van der Waals surface area (Å²) in [6, 6.07) is 11.2. The Morgan fingerprint density at radius 1 is 0.973 bits per heavy atom. The smallest absolute Gasteiger partial charge is 0.319 e. The van der Waals surface area contributed by atoms with Gasteiger partial charge < -0.3 is 34.6 Å². The number of aldehydes is 1. The van der Waals surface area contributed by atoms with Crippen molar-refractivity contribution in [3.8, 4) is 29.6 Å². The number of nitrogens with one attached hydrogen (secondary N) is 2. The van der Waals surface area contributed by atoms with Gasteiger partial charge in [0.25, 0.3) is 5.91 Å². The molecule has 16 heteroatoms. The average Bonchev–Trinajstić information content (AvgIpc) is 4.20. The highest BCUT2D eigenvalue weighted by atomic mass is 19.1. The first-order valence-corrected chi connectivity index (χ1v) is 27.2. The van der Waals surface area contributed by atoms with E-state index in [4.69, 9.17) is 26.1 Å². The number of halogens is 1. The van der Waals surface area contributed by atoms with Crippen molar-refractivity contribution in [1.29, 1.82) is 0 Å². The number of fused-ring (bicyclic) bond motifs is 2. The highest BCUT2D eigenvalue weighted by Crippen LogP contribution is 2.47. The number of anilines is 2. The quantitative estimate of drug-likeness (QED) is 0.0639. The van der Waals surface area contributed by atoms with Crippen molar-refractivity contribution in [3.05, 3.63) is 76.7 Å². The van der Waals surface area contributed by atoms with Crippen molar-refractivity contribution in [2.24, 2.45) is 11.3 Å². The topological polar surface area (TPSA) is 156 Å². The molecular formula is C58H71FN10O5. The minimum Gasteiger partial charge on any atom is -0.463 e. The van der Waals surface area contributed by atoms with Crippen LogP contribution in [0.1, 0.15) is 116 Å². The van der Waals surface area contributed by atoms with E-state index in [1.165, 1.54) is 4.90 Å². The van der Waals surface area contributed by atoms with Gasteiger partial charge in [0.15, 0.2) is 12.1 Å². The van der Waals surface area contributed by atoms with E-state index in [9.17, 15) is 19.2 Å². The van der Waals surface area contributed by atoms with Crippen LogP contribution >= 0.6 is 0 Å². The maximum Gasteiger partial charge on any atom is 0.319 e. The SMILES string of the molecule is C#CC1=CCCc2cccc(-c3ncc4c(N5CC(CC)NC(CCCC)C5)nc(OCC5(CN6CCN(CC7CCN(c8cccc(C=O)c8C(=O)N(C)C8CCC(=O)NC8=O)CC7)CC6)CC5)nc4c3F)c21. The maximum absolute atomic E-state index is 17.3. The van der Waals surface area contributed by atoms with E-state index in [1.54, 1.807) is 25.4 Å². The molecular weight excluding hydrogens is 936 g/mol. The number of likely N-dealkylation sites (N-methyl/N-ethyl adjacent to an activating group) is 1. The van der Waals surface area contributed by atoms with Crippen molar-refractivity contribution in [3.63, 3.8) is 0 Å². The number of carbonyl (C=O) groups excluding carboxylic acids is 4.